The molecule has 4 heteroatoms. The lowest BCUT2D eigenvalue weighted by Crippen LogP contribution is -2.34. The highest BCUT2D eigenvalue weighted by Gasteiger charge is 2.37. The number of hydrogen-bond acceptors (Lipinski definition) is 2. The van der Waals surface area contributed by atoms with Crippen LogP contribution in [0.5, 0.6) is 0 Å². The Morgan fingerprint density at radius 2 is 1.62 bits per heavy atom. The van der Waals surface area contributed by atoms with Crippen molar-refractivity contribution in [2.75, 3.05) is 12.0 Å². The van der Waals surface area contributed by atoms with Gasteiger partial charge in [-0.1, -0.05) is 45.9 Å². The van der Waals surface area contributed by atoms with Crippen LogP contribution in [0, 0.1) is 0 Å². The van der Waals surface area contributed by atoms with Crippen molar-refractivity contribution in [3.63, 3.8) is 0 Å². The third-order valence-electron chi connectivity index (χ3n) is 4.69. The molecular formula is C17H25ClO2S. The predicted molar refractivity (Wildman–Crippen MR) is 90.0 cm³/mol. The van der Waals surface area contributed by atoms with Gasteiger partial charge < -0.3 is 0 Å². The standard InChI is InChI=1S/C17H25ClO2S/c1-16(2)8-9-17(3,4)14-10-12(6-7-13(14)16)15(18)11-21(5,19)20/h6-7,10,15H,8-9,11H2,1-5H3. The minimum atomic E-state index is -3.08. The van der Waals surface area contributed by atoms with E-state index in [9.17, 15) is 8.42 Å². The molecule has 0 bridgehead atoms. The van der Waals surface area contributed by atoms with Gasteiger partial charge in [0.05, 0.1) is 11.1 Å². The molecule has 0 saturated carbocycles. The van der Waals surface area contributed by atoms with E-state index >= 15 is 0 Å². The average molecular weight is 329 g/mol. The van der Waals surface area contributed by atoms with E-state index in [1.807, 2.05) is 6.07 Å². The molecule has 0 spiro atoms. The number of fused-ring (bicyclic) bond motifs is 1. The minimum Gasteiger partial charge on any atom is -0.229 e. The lowest BCUT2D eigenvalue weighted by Gasteiger charge is -2.42. The van der Waals surface area contributed by atoms with Gasteiger partial charge in [0.1, 0.15) is 9.84 Å². The van der Waals surface area contributed by atoms with Gasteiger partial charge in [0.2, 0.25) is 0 Å². The van der Waals surface area contributed by atoms with Gasteiger partial charge in [0, 0.05) is 6.26 Å². The van der Waals surface area contributed by atoms with Crippen LogP contribution in [-0.2, 0) is 20.7 Å². The molecule has 0 fully saturated rings. The molecule has 0 radical (unpaired) electrons. The summed E-state index contributed by atoms with van der Waals surface area (Å²) in [5, 5.41) is -0.480. The largest absolute Gasteiger partial charge is 0.229 e. The highest BCUT2D eigenvalue weighted by molar-refractivity contribution is 7.90. The molecule has 2 nitrogen and oxygen atoms in total. The van der Waals surface area contributed by atoms with Gasteiger partial charge in [-0.25, -0.2) is 8.42 Å². The van der Waals surface area contributed by atoms with E-state index in [1.54, 1.807) is 0 Å². The summed E-state index contributed by atoms with van der Waals surface area (Å²) in [7, 11) is -3.08. The number of rotatable bonds is 3. The maximum Gasteiger partial charge on any atom is 0.149 e. The van der Waals surface area contributed by atoms with E-state index < -0.39 is 15.2 Å². The molecule has 0 amide bonds. The predicted octanol–water partition coefficient (Wildman–Crippen LogP) is 4.36. The average Bonchev–Trinajstić information content (AvgIpc) is 2.33. The summed E-state index contributed by atoms with van der Waals surface area (Å²) in [6.07, 6.45) is 3.53. The molecule has 2 rings (SSSR count). The van der Waals surface area contributed by atoms with Crippen molar-refractivity contribution in [3.8, 4) is 0 Å². The van der Waals surface area contributed by atoms with Gasteiger partial charge in [-0.3, -0.25) is 0 Å². The van der Waals surface area contributed by atoms with Gasteiger partial charge in [0.25, 0.3) is 0 Å². The highest BCUT2D eigenvalue weighted by Crippen LogP contribution is 2.46. The summed E-state index contributed by atoms with van der Waals surface area (Å²) in [5.41, 5.74) is 3.87. The van der Waals surface area contributed by atoms with E-state index in [0.717, 1.165) is 12.0 Å². The van der Waals surface area contributed by atoms with Crippen molar-refractivity contribution in [3.05, 3.63) is 34.9 Å². The van der Waals surface area contributed by atoms with E-state index in [2.05, 4.69) is 39.8 Å². The topological polar surface area (TPSA) is 34.1 Å². The molecule has 1 aliphatic rings. The van der Waals surface area contributed by atoms with Crippen molar-refractivity contribution >= 4 is 21.4 Å². The van der Waals surface area contributed by atoms with Crippen LogP contribution < -0.4 is 0 Å². The second-order valence-corrected chi connectivity index (χ2v) is 10.3. The molecule has 0 N–H and O–H groups in total. The number of sulfone groups is 1. The van der Waals surface area contributed by atoms with E-state index in [0.29, 0.717) is 0 Å². The van der Waals surface area contributed by atoms with Crippen LogP contribution in [0.3, 0.4) is 0 Å². The normalized spacial score (nSPS) is 21.6. The summed E-state index contributed by atoms with van der Waals surface area (Å²) in [6, 6.07) is 6.26. The SMILES string of the molecule is CC1(C)CCC(C)(C)c2cc(C(Cl)CS(C)(=O)=O)ccc21. The van der Waals surface area contributed by atoms with Crippen LogP contribution in [-0.4, -0.2) is 20.4 Å². The Bertz CT molecular complexity index is 645. The van der Waals surface area contributed by atoms with Crippen LogP contribution in [0.2, 0.25) is 0 Å². The summed E-state index contributed by atoms with van der Waals surface area (Å²) in [6.45, 7) is 9.06. The second-order valence-electron chi connectivity index (χ2n) is 7.63. The van der Waals surface area contributed by atoms with Crippen LogP contribution >= 0.6 is 11.6 Å². The fraction of sp³-hybridized carbons (Fsp3) is 0.647. The van der Waals surface area contributed by atoms with E-state index in [-0.39, 0.29) is 16.6 Å². The zero-order chi connectivity index (χ0) is 16.1. The Morgan fingerprint density at radius 1 is 1.10 bits per heavy atom. The molecule has 118 valence electrons. The number of hydrogen-bond donors (Lipinski definition) is 0. The molecule has 1 aromatic carbocycles. The van der Waals surface area contributed by atoms with Gasteiger partial charge in [0.15, 0.2) is 0 Å². The first-order chi connectivity index (χ1) is 9.42. The molecule has 0 aliphatic heterocycles. The van der Waals surface area contributed by atoms with Gasteiger partial charge in [-0.05, 0) is 40.4 Å². The molecule has 1 atom stereocenters. The Labute approximate surface area is 133 Å². The maximum absolute atomic E-state index is 11.4. The third-order valence-corrected chi connectivity index (χ3v) is 6.22. The van der Waals surface area contributed by atoms with Crippen LogP contribution in [0.4, 0.5) is 0 Å². The van der Waals surface area contributed by atoms with Crippen molar-refractivity contribution in [2.45, 2.75) is 56.7 Å². The molecular weight excluding hydrogens is 304 g/mol. The Hall–Kier alpha value is -0.540. The van der Waals surface area contributed by atoms with Crippen molar-refractivity contribution in [2.24, 2.45) is 0 Å². The molecule has 21 heavy (non-hydrogen) atoms. The van der Waals surface area contributed by atoms with E-state index in [1.165, 1.54) is 23.8 Å². The molecule has 1 aromatic rings. The maximum atomic E-state index is 11.4. The Balaban J connectivity index is 2.46. The fourth-order valence-electron chi connectivity index (χ4n) is 3.16. The molecule has 0 saturated heterocycles. The molecule has 0 aromatic heterocycles. The van der Waals surface area contributed by atoms with Crippen LogP contribution in [0.15, 0.2) is 18.2 Å². The second kappa shape index (κ2) is 5.27. The smallest absolute Gasteiger partial charge is 0.149 e. The van der Waals surface area contributed by atoms with Gasteiger partial charge >= 0.3 is 0 Å². The van der Waals surface area contributed by atoms with Gasteiger partial charge in [-0.15, -0.1) is 11.6 Å². The van der Waals surface area contributed by atoms with Crippen LogP contribution in [0.1, 0.15) is 62.6 Å². The van der Waals surface area contributed by atoms with Crippen molar-refractivity contribution < 1.29 is 8.42 Å². The Kier molecular flexibility index (Phi) is 4.23. The summed E-state index contributed by atoms with van der Waals surface area (Å²) >= 11 is 6.32. The summed E-state index contributed by atoms with van der Waals surface area (Å²) < 4.78 is 22.9. The third kappa shape index (κ3) is 3.62. The fourth-order valence-corrected chi connectivity index (χ4v) is 4.71. The van der Waals surface area contributed by atoms with Crippen LogP contribution in [0.25, 0.3) is 0 Å². The minimum absolute atomic E-state index is 0.0167. The molecule has 1 unspecified atom stereocenters. The van der Waals surface area contributed by atoms with Gasteiger partial charge in [-0.2, -0.15) is 0 Å². The first kappa shape index (κ1) is 16.8. The number of benzene rings is 1. The van der Waals surface area contributed by atoms with Crippen molar-refractivity contribution in [1.82, 2.24) is 0 Å². The lowest BCUT2D eigenvalue weighted by molar-refractivity contribution is 0.331. The number of halogens is 1. The van der Waals surface area contributed by atoms with Crippen molar-refractivity contribution in [1.29, 1.82) is 0 Å². The highest BCUT2D eigenvalue weighted by atomic mass is 35.5. The summed E-state index contributed by atoms with van der Waals surface area (Å²) in [5.74, 6) is -0.0167. The van der Waals surface area contributed by atoms with E-state index in [4.69, 9.17) is 11.6 Å². The lowest BCUT2D eigenvalue weighted by atomic mass is 9.63. The Morgan fingerprint density at radius 3 is 2.14 bits per heavy atom. The quantitative estimate of drug-likeness (QED) is 0.772. The molecule has 0 heterocycles. The monoisotopic (exact) mass is 328 g/mol. The first-order valence-corrected chi connectivity index (χ1v) is 9.89. The molecule has 1 aliphatic carbocycles. The summed E-state index contributed by atoms with van der Waals surface area (Å²) in [4.78, 5) is 0. The first-order valence-electron chi connectivity index (χ1n) is 7.39. The zero-order valence-electron chi connectivity index (χ0n) is 13.5. The number of alkyl halides is 1. The zero-order valence-corrected chi connectivity index (χ0v) is 15.1.